The Bertz CT molecular complexity index is 1000. The molecule has 6 nitrogen and oxygen atoms in total. The van der Waals surface area contributed by atoms with Crippen molar-refractivity contribution in [3.63, 3.8) is 0 Å². The molecule has 0 fully saturated rings. The summed E-state index contributed by atoms with van der Waals surface area (Å²) >= 11 is 6.42. The smallest absolute Gasteiger partial charge is 0.410 e. The molecule has 0 bridgehead atoms. The number of pyridine rings is 1. The van der Waals surface area contributed by atoms with E-state index in [9.17, 15) is 9.18 Å². The average Bonchev–Trinajstić information content (AvgIpc) is 2.68. The van der Waals surface area contributed by atoms with E-state index in [2.05, 4.69) is 4.98 Å². The molecule has 0 spiro atoms. The highest BCUT2D eigenvalue weighted by Gasteiger charge is 2.27. The number of benzene rings is 1. The van der Waals surface area contributed by atoms with Gasteiger partial charge in [0, 0.05) is 25.4 Å². The van der Waals surface area contributed by atoms with E-state index in [1.165, 1.54) is 12.1 Å². The first-order valence-corrected chi connectivity index (χ1v) is 10.4. The molecule has 1 aromatic carbocycles. The van der Waals surface area contributed by atoms with Gasteiger partial charge in [0.2, 0.25) is 0 Å². The highest BCUT2D eigenvalue weighted by Crippen LogP contribution is 2.30. The van der Waals surface area contributed by atoms with Crippen LogP contribution in [0.25, 0.3) is 5.57 Å². The Morgan fingerprint density at radius 3 is 2.71 bits per heavy atom. The van der Waals surface area contributed by atoms with Crippen LogP contribution in [0, 0.1) is 11.7 Å². The molecule has 0 radical (unpaired) electrons. The summed E-state index contributed by atoms with van der Waals surface area (Å²) in [7, 11) is 0. The van der Waals surface area contributed by atoms with Crippen molar-refractivity contribution in [2.45, 2.75) is 39.9 Å². The molecule has 2 N–H and O–H groups in total. The van der Waals surface area contributed by atoms with Gasteiger partial charge in [0.25, 0.3) is 0 Å². The van der Waals surface area contributed by atoms with E-state index in [1.807, 2.05) is 39.8 Å². The summed E-state index contributed by atoms with van der Waals surface area (Å²) in [5, 5.41) is 0.455. The van der Waals surface area contributed by atoms with Crippen molar-refractivity contribution in [1.82, 2.24) is 9.88 Å². The van der Waals surface area contributed by atoms with Crippen molar-refractivity contribution in [3.05, 3.63) is 58.6 Å². The van der Waals surface area contributed by atoms with Crippen LogP contribution in [-0.2, 0) is 11.3 Å². The van der Waals surface area contributed by atoms with Crippen molar-refractivity contribution in [2.24, 2.45) is 5.92 Å². The maximum Gasteiger partial charge on any atom is 0.410 e. The van der Waals surface area contributed by atoms with Crippen LogP contribution >= 0.6 is 11.6 Å². The number of ether oxygens (including phenoxy) is 2. The van der Waals surface area contributed by atoms with Gasteiger partial charge in [0.15, 0.2) is 0 Å². The van der Waals surface area contributed by atoms with Gasteiger partial charge in [-0.1, -0.05) is 24.6 Å². The van der Waals surface area contributed by atoms with Crippen LogP contribution in [0.4, 0.5) is 14.9 Å². The van der Waals surface area contributed by atoms with E-state index < -0.39 is 11.4 Å². The van der Waals surface area contributed by atoms with Gasteiger partial charge in [-0.3, -0.25) is 4.98 Å². The Balaban J connectivity index is 1.67. The topological polar surface area (TPSA) is 77.7 Å². The average molecular weight is 448 g/mol. The first-order valence-electron chi connectivity index (χ1n) is 10.0. The maximum absolute atomic E-state index is 13.6. The molecule has 0 aliphatic carbocycles. The minimum Gasteiger partial charge on any atom is -0.487 e. The molecule has 1 aliphatic heterocycles. The summed E-state index contributed by atoms with van der Waals surface area (Å²) in [6, 6.07) is 6.09. The van der Waals surface area contributed by atoms with Gasteiger partial charge >= 0.3 is 6.09 Å². The molecule has 1 aliphatic rings. The van der Waals surface area contributed by atoms with Gasteiger partial charge in [-0.2, -0.15) is 0 Å². The minimum absolute atomic E-state index is 0.0629. The molecule has 3 rings (SSSR count). The first-order chi connectivity index (χ1) is 14.5. The number of nitrogen functional groups attached to an aromatic ring is 1. The number of hydrogen-bond acceptors (Lipinski definition) is 5. The summed E-state index contributed by atoms with van der Waals surface area (Å²) < 4.78 is 24.6. The number of amides is 1. The molecule has 8 heteroatoms. The van der Waals surface area contributed by atoms with Crippen LogP contribution < -0.4 is 10.5 Å². The van der Waals surface area contributed by atoms with Crippen molar-refractivity contribution in [2.75, 3.05) is 18.8 Å². The fraction of sp³-hybridized carbons (Fsp3) is 0.391. The lowest BCUT2D eigenvalue weighted by molar-refractivity contribution is 0.0251. The van der Waals surface area contributed by atoms with E-state index in [0.29, 0.717) is 29.6 Å². The minimum atomic E-state index is -0.537. The molecule has 1 unspecified atom stereocenters. The maximum atomic E-state index is 13.6. The fourth-order valence-corrected chi connectivity index (χ4v) is 3.49. The Morgan fingerprint density at radius 2 is 2.10 bits per heavy atom. The SMILES string of the molecule is CC1CN(C(=O)OC(C)(C)C)CC=C1c1cnc(COc2ccc(N)c(F)c2)c(Cl)c1. The van der Waals surface area contributed by atoms with E-state index in [4.69, 9.17) is 26.8 Å². The van der Waals surface area contributed by atoms with Crippen molar-refractivity contribution >= 4 is 29.0 Å². The Kier molecular flexibility index (Phi) is 6.74. The lowest BCUT2D eigenvalue weighted by Crippen LogP contribution is -2.41. The third kappa shape index (κ3) is 5.88. The second-order valence-electron chi connectivity index (χ2n) is 8.57. The summed E-state index contributed by atoms with van der Waals surface area (Å²) in [6.45, 7) is 8.70. The molecule has 1 atom stereocenters. The van der Waals surface area contributed by atoms with E-state index in [0.717, 1.165) is 11.1 Å². The predicted molar refractivity (Wildman–Crippen MR) is 119 cm³/mol. The Labute approximate surface area is 186 Å². The normalized spacial score (nSPS) is 16.6. The van der Waals surface area contributed by atoms with Crippen LogP contribution in [0.3, 0.4) is 0 Å². The largest absolute Gasteiger partial charge is 0.487 e. The summed E-state index contributed by atoms with van der Waals surface area (Å²) in [5.41, 5.74) is 7.51. The predicted octanol–water partition coefficient (Wildman–Crippen LogP) is 5.31. The fourth-order valence-electron chi connectivity index (χ4n) is 3.27. The number of nitrogens with zero attached hydrogens (tertiary/aromatic N) is 2. The molecular weight excluding hydrogens is 421 g/mol. The lowest BCUT2D eigenvalue weighted by Gasteiger charge is -2.33. The molecule has 0 saturated carbocycles. The van der Waals surface area contributed by atoms with Crippen molar-refractivity contribution < 1.29 is 18.7 Å². The van der Waals surface area contributed by atoms with Crippen LogP contribution in [0.2, 0.25) is 5.02 Å². The molecule has 2 aromatic rings. The second kappa shape index (κ2) is 9.14. The van der Waals surface area contributed by atoms with E-state index in [1.54, 1.807) is 17.2 Å². The molecule has 1 amide bonds. The lowest BCUT2D eigenvalue weighted by atomic mass is 9.91. The summed E-state index contributed by atoms with van der Waals surface area (Å²) in [6.07, 6.45) is 3.41. The van der Waals surface area contributed by atoms with Crippen LogP contribution in [-0.4, -0.2) is 34.7 Å². The van der Waals surface area contributed by atoms with Gasteiger partial charge < -0.3 is 20.1 Å². The van der Waals surface area contributed by atoms with Crippen LogP contribution in [0.15, 0.2) is 36.5 Å². The quantitative estimate of drug-likeness (QED) is 0.643. The zero-order valence-corrected chi connectivity index (χ0v) is 18.9. The summed E-state index contributed by atoms with van der Waals surface area (Å²) in [5.74, 6) is -0.0935. The van der Waals surface area contributed by atoms with Gasteiger partial charge in [-0.25, -0.2) is 9.18 Å². The highest BCUT2D eigenvalue weighted by molar-refractivity contribution is 6.31. The monoisotopic (exact) mass is 447 g/mol. The molecule has 31 heavy (non-hydrogen) atoms. The van der Waals surface area contributed by atoms with E-state index >= 15 is 0 Å². The number of carbonyl (C=O) groups excluding carboxylic acids is 1. The zero-order valence-electron chi connectivity index (χ0n) is 18.1. The standard InChI is InChI=1S/C23H27ClFN3O3/c1-14-12-28(22(29)31-23(2,3)4)8-7-17(14)15-9-18(24)21(27-11-15)13-30-16-5-6-20(26)19(25)10-16/h5-7,9-11,14H,8,12-13,26H2,1-4H3. The molecule has 166 valence electrons. The highest BCUT2D eigenvalue weighted by atomic mass is 35.5. The number of rotatable bonds is 4. The molecular formula is C23H27ClFN3O3. The van der Waals surface area contributed by atoms with Crippen LogP contribution in [0.5, 0.6) is 5.75 Å². The number of hydrogen-bond donors (Lipinski definition) is 1. The van der Waals surface area contributed by atoms with Gasteiger partial charge in [-0.05, 0) is 56.0 Å². The van der Waals surface area contributed by atoms with E-state index in [-0.39, 0.29) is 24.3 Å². The Hall–Kier alpha value is -2.80. The van der Waals surface area contributed by atoms with Crippen molar-refractivity contribution in [1.29, 1.82) is 0 Å². The number of halogens is 2. The number of anilines is 1. The third-order valence-corrected chi connectivity index (χ3v) is 5.13. The van der Waals surface area contributed by atoms with Crippen LogP contribution in [0.1, 0.15) is 39.0 Å². The Morgan fingerprint density at radius 1 is 1.35 bits per heavy atom. The molecule has 1 aromatic heterocycles. The summed E-state index contributed by atoms with van der Waals surface area (Å²) in [4.78, 5) is 18.4. The van der Waals surface area contributed by atoms with Crippen molar-refractivity contribution in [3.8, 4) is 5.75 Å². The number of nitrogens with two attached hydrogens (primary N) is 1. The molecule has 2 heterocycles. The second-order valence-corrected chi connectivity index (χ2v) is 8.98. The zero-order chi connectivity index (χ0) is 22.8. The van der Waals surface area contributed by atoms with Gasteiger partial charge in [-0.15, -0.1) is 0 Å². The third-order valence-electron chi connectivity index (χ3n) is 4.81. The first kappa shape index (κ1) is 22.9. The van der Waals surface area contributed by atoms with Gasteiger partial charge in [0.1, 0.15) is 23.8 Å². The van der Waals surface area contributed by atoms with Gasteiger partial charge in [0.05, 0.1) is 16.4 Å². The number of aromatic nitrogens is 1. The molecule has 0 saturated heterocycles. The number of carbonyl (C=O) groups is 1.